The van der Waals surface area contributed by atoms with Gasteiger partial charge in [-0.25, -0.2) is 0 Å². The maximum Gasteiger partial charge on any atom is 0.227 e. The molecule has 6 heteroatoms. The Morgan fingerprint density at radius 1 is 1.73 bits per heavy atom. The van der Waals surface area contributed by atoms with Crippen LogP contribution in [0.25, 0.3) is 0 Å². The molecule has 2 rings (SSSR count). The summed E-state index contributed by atoms with van der Waals surface area (Å²) < 4.78 is 5.42. The molecule has 0 bridgehead atoms. The van der Waals surface area contributed by atoms with Crippen molar-refractivity contribution in [2.24, 2.45) is 0 Å². The smallest absolute Gasteiger partial charge is 0.227 e. The molecule has 6 nitrogen and oxygen atoms in total. The molecule has 82 valence electrons. The maximum atomic E-state index is 11.5. The fraction of sp³-hybridized carbons (Fsp3) is 0.556. The van der Waals surface area contributed by atoms with Gasteiger partial charge in [0.2, 0.25) is 5.91 Å². The van der Waals surface area contributed by atoms with Gasteiger partial charge in [-0.15, -0.1) is 0 Å². The summed E-state index contributed by atoms with van der Waals surface area (Å²) in [5, 5.41) is 12.3. The third-order valence-corrected chi connectivity index (χ3v) is 2.20. The number of hydrogen-bond donors (Lipinski definition) is 3. The van der Waals surface area contributed by atoms with Gasteiger partial charge in [-0.1, -0.05) is 0 Å². The van der Waals surface area contributed by atoms with Crippen molar-refractivity contribution in [2.45, 2.75) is 12.5 Å². The first-order valence-electron chi connectivity index (χ1n) is 4.95. The predicted octanol–water partition coefficient (Wildman–Crippen LogP) is -0.273. The number of ether oxygens (including phenoxy) is 1. The van der Waals surface area contributed by atoms with Crippen LogP contribution in [0.1, 0.15) is 6.42 Å². The highest BCUT2D eigenvalue weighted by molar-refractivity contribution is 5.90. The number of aromatic nitrogens is 2. The second-order valence-corrected chi connectivity index (χ2v) is 3.44. The third kappa shape index (κ3) is 3.03. The number of H-pyrrole nitrogens is 1. The largest absolute Gasteiger partial charge is 0.375 e. The van der Waals surface area contributed by atoms with Gasteiger partial charge in [-0.2, -0.15) is 5.10 Å². The second kappa shape index (κ2) is 4.90. The van der Waals surface area contributed by atoms with Crippen LogP contribution in [0.15, 0.2) is 12.4 Å². The summed E-state index contributed by atoms with van der Waals surface area (Å²) in [6.07, 6.45) is 3.55. The predicted molar refractivity (Wildman–Crippen MR) is 54.4 cm³/mol. The zero-order chi connectivity index (χ0) is 10.5. The molecule has 1 unspecified atom stereocenters. The van der Waals surface area contributed by atoms with Gasteiger partial charge in [0.25, 0.3) is 0 Å². The third-order valence-electron chi connectivity index (χ3n) is 2.20. The highest BCUT2D eigenvalue weighted by atomic mass is 16.5. The van der Waals surface area contributed by atoms with E-state index in [1.807, 2.05) is 0 Å². The van der Waals surface area contributed by atoms with Gasteiger partial charge in [0, 0.05) is 19.3 Å². The lowest BCUT2D eigenvalue weighted by Gasteiger charge is -2.22. The molecular formula is C9H14N4O2. The number of anilines is 1. The molecule has 1 atom stereocenters. The van der Waals surface area contributed by atoms with E-state index in [4.69, 9.17) is 4.74 Å². The number of hydrogen-bond acceptors (Lipinski definition) is 4. The van der Waals surface area contributed by atoms with E-state index < -0.39 is 0 Å². The molecule has 0 aromatic carbocycles. The lowest BCUT2D eigenvalue weighted by Crippen LogP contribution is -2.40. The Kier molecular flexibility index (Phi) is 3.31. The van der Waals surface area contributed by atoms with E-state index in [0.717, 1.165) is 13.1 Å². The van der Waals surface area contributed by atoms with Crippen molar-refractivity contribution in [1.82, 2.24) is 15.5 Å². The van der Waals surface area contributed by atoms with E-state index in [2.05, 4.69) is 20.8 Å². The van der Waals surface area contributed by atoms with E-state index in [1.54, 1.807) is 12.4 Å². The van der Waals surface area contributed by atoms with E-state index >= 15 is 0 Å². The van der Waals surface area contributed by atoms with Crippen molar-refractivity contribution < 1.29 is 9.53 Å². The summed E-state index contributed by atoms with van der Waals surface area (Å²) in [7, 11) is 0. The molecule has 0 radical (unpaired) electrons. The number of carbonyl (C=O) groups is 1. The van der Waals surface area contributed by atoms with Crippen LogP contribution in [0, 0.1) is 0 Å². The Bertz CT molecular complexity index is 306. The highest BCUT2D eigenvalue weighted by Crippen LogP contribution is 2.06. The van der Waals surface area contributed by atoms with Crippen LogP contribution < -0.4 is 10.6 Å². The van der Waals surface area contributed by atoms with E-state index in [-0.39, 0.29) is 12.0 Å². The van der Waals surface area contributed by atoms with Gasteiger partial charge in [-0.3, -0.25) is 9.89 Å². The van der Waals surface area contributed by atoms with Crippen LogP contribution in [-0.4, -0.2) is 41.9 Å². The Hall–Kier alpha value is -1.40. The summed E-state index contributed by atoms with van der Waals surface area (Å²) in [5.41, 5.74) is 0.684. The van der Waals surface area contributed by atoms with E-state index in [1.165, 1.54) is 0 Å². The molecule has 1 aliphatic heterocycles. The molecular weight excluding hydrogens is 196 g/mol. The number of morpholine rings is 1. The van der Waals surface area contributed by atoms with Gasteiger partial charge >= 0.3 is 0 Å². The van der Waals surface area contributed by atoms with Crippen molar-refractivity contribution in [3.8, 4) is 0 Å². The molecule has 15 heavy (non-hydrogen) atoms. The Labute approximate surface area is 87.4 Å². The minimum atomic E-state index is -0.0508. The Morgan fingerprint density at radius 3 is 3.33 bits per heavy atom. The summed E-state index contributed by atoms with van der Waals surface area (Å²) in [5.74, 6) is -0.0508. The van der Waals surface area contributed by atoms with E-state index in [0.29, 0.717) is 18.7 Å². The van der Waals surface area contributed by atoms with Crippen molar-refractivity contribution in [2.75, 3.05) is 25.0 Å². The molecule has 1 aliphatic rings. The van der Waals surface area contributed by atoms with E-state index in [9.17, 15) is 4.79 Å². The van der Waals surface area contributed by atoms with Crippen molar-refractivity contribution in [1.29, 1.82) is 0 Å². The summed E-state index contributed by atoms with van der Waals surface area (Å²) in [4.78, 5) is 11.5. The monoisotopic (exact) mass is 210 g/mol. The zero-order valence-electron chi connectivity index (χ0n) is 8.32. The van der Waals surface area contributed by atoms with Gasteiger partial charge < -0.3 is 15.4 Å². The first-order valence-corrected chi connectivity index (χ1v) is 4.95. The summed E-state index contributed by atoms with van der Waals surface area (Å²) in [6, 6.07) is 0. The fourth-order valence-electron chi connectivity index (χ4n) is 1.49. The molecule has 0 spiro atoms. The molecule has 1 amide bonds. The maximum absolute atomic E-state index is 11.5. The normalized spacial score (nSPS) is 21.2. The molecule has 3 N–H and O–H groups in total. The second-order valence-electron chi connectivity index (χ2n) is 3.44. The standard InChI is InChI=1S/C9H14N4O2/c14-9(13-7-4-11-12-5-7)3-8-6-10-1-2-15-8/h4-5,8,10H,1-3,6H2,(H,11,12)(H,13,14). The number of nitrogens with one attached hydrogen (secondary N) is 3. The van der Waals surface area contributed by atoms with Crippen LogP contribution in [0.4, 0.5) is 5.69 Å². The SMILES string of the molecule is O=C(CC1CNCCO1)Nc1cn[nH]c1. The van der Waals surface area contributed by atoms with Gasteiger partial charge in [-0.05, 0) is 0 Å². The summed E-state index contributed by atoms with van der Waals surface area (Å²) >= 11 is 0. The quantitative estimate of drug-likeness (QED) is 0.641. The number of amides is 1. The number of aromatic amines is 1. The minimum Gasteiger partial charge on any atom is -0.375 e. The van der Waals surface area contributed by atoms with Crippen LogP contribution in [0.2, 0.25) is 0 Å². The minimum absolute atomic E-state index is 0.0225. The molecule has 1 fully saturated rings. The molecule has 2 heterocycles. The first kappa shape index (κ1) is 10.1. The average Bonchev–Trinajstić information content (AvgIpc) is 2.71. The van der Waals surface area contributed by atoms with Gasteiger partial charge in [0.15, 0.2) is 0 Å². The molecule has 0 aliphatic carbocycles. The lowest BCUT2D eigenvalue weighted by atomic mass is 10.2. The van der Waals surface area contributed by atoms with Crippen LogP contribution in [-0.2, 0) is 9.53 Å². The molecule has 1 aromatic rings. The van der Waals surface area contributed by atoms with Crippen LogP contribution in [0.5, 0.6) is 0 Å². The van der Waals surface area contributed by atoms with Crippen LogP contribution >= 0.6 is 0 Å². The topological polar surface area (TPSA) is 79.0 Å². The number of carbonyl (C=O) groups excluding carboxylic acids is 1. The molecule has 1 saturated heterocycles. The van der Waals surface area contributed by atoms with Gasteiger partial charge in [0.05, 0.1) is 31.0 Å². The Morgan fingerprint density at radius 2 is 2.67 bits per heavy atom. The average molecular weight is 210 g/mol. The first-order chi connectivity index (χ1) is 7.34. The van der Waals surface area contributed by atoms with Crippen molar-refractivity contribution in [3.05, 3.63) is 12.4 Å². The summed E-state index contributed by atoms with van der Waals surface area (Å²) in [6.45, 7) is 2.27. The van der Waals surface area contributed by atoms with Crippen LogP contribution in [0.3, 0.4) is 0 Å². The zero-order valence-corrected chi connectivity index (χ0v) is 8.32. The number of rotatable bonds is 3. The fourth-order valence-corrected chi connectivity index (χ4v) is 1.49. The lowest BCUT2D eigenvalue weighted by molar-refractivity contribution is -0.119. The van der Waals surface area contributed by atoms with Crippen molar-refractivity contribution >= 4 is 11.6 Å². The Balaban J connectivity index is 1.76. The van der Waals surface area contributed by atoms with Crippen molar-refractivity contribution in [3.63, 3.8) is 0 Å². The molecule has 0 saturated carbocycles. The number of nitrogens with zero attached hydrogens (tertiary/aromatic N) is 1. The molecule has 1 aromatic heterocycles. The van der Waals surface area contributed by atoms with Gasteiger partial charge in [0.1, 0.15) is 0 Å². The highest BCUT2D eigenvalue weighted by Gasteiger charge is 2.17.